The third-order valence-electron chi connectivity index (χ3n) is 4.68. The molecule has 1 aromatic heterocycles. The van der Waals surface area contributed by atoms with Crippen molar-refractivity contribution in [2.75, 3.05) is 30.9 Å². The molecule has 0 aliphatic heterocycles. The molecule has 156 valence electrons. The number of carbonyl (C=O) groups excluding carboxylic acids is 1. The third kappa shape index (κ3) is 4.86. The number of nitrogens with zero attached hydrogens (tertiary/aromatic N) is 3. The van der Waals surface area contributed by atoms with Crippen LogP contribution in [0.15, 0.2) is 65.5 Å². The van der Waals surface area contributed by atoms with E-state index in [1.165, 1.54) is 10.7 Å². The van der Waals surface area contributed by atoms with Crippen molar-refractivity contribution in [2.24, 2.45) is 0 Å². The lowest BCUT2D eigenvalue weighted by atomic mass is 10.1. The van der Waals surface area contributed by atoms with Crippen LogP contribution in [0.4, 0.5) is 11.4 Å². The number of hydrogen-bond acceptors (Lipinski definition) is 5. The van der Waals surface area contributed by atoms with Crippen molar-refractivity contribution < 1.29 is 9.53 Å². The number of nitrogens with one attached hydrogen (secondary N) is 1. The zero-order valence-electron chi connectivity index (χ0n) is 17.6. The molecule has 30 heavy (non-hydrogen) atoms. The normalized spacial score (nSPS) is 11.6. The maximum Gasteiger partial charge on any atom is 0.267 e. The first-order valence-electron chi connectivity index (χ1n) is 9.80. The van der Waals surface area contributed by atoms with E-state index in [4.69, 9.17) is 4.74 Å². The van der Waals surface area contributed by atoms with Crippen LogP contribution in [0.1, 0.15) is 19.9 Å². The Morgan fingerprint density at radius 2 is 1.73 bits per heavy atom. The number of ether oxygens (including phenoxy) is 1. The number of benzene rings is 2. The van der Waals surface area contributed by atoms with Gasteiger partial charge in [-0.2, -0.15) is 5.10 Å². The van der Waals surface area contributed by atoms with Gasteiger partial charge in [-0.3, -0.25) is 9.59 Å². The van der Waals surface area contributed by atoms with Crippen LogP contribution < -0.4 is 20.5 Å². The van der Waals surface area contributed by atoms with Crippen molar-refractivity contribution in [3.05, 3.63) is 71.0 Å². The largest absolute Gasteiger partial charge is 0.494 e. The molecule has 0 aliphatic carbocycles. The van der Waals surface area contributed by atoms with Crippen molar-refractivity contribution in [1.82, 2.24) is 9.78 Å². The molecule has 2 aromatic carbocycles. The fraction of sp³-hybridized carbons (Fsp3) is 0.261. The zero-order chi connectivity index (χ0) is 21.7. The van der Waals surface area contributed by atoms with Crippen LogP contribution in [0.25, 0.3) is 11.3 Å². The molecule has 1 heterocycles. The van der Waals surface area contributed by atoms with Gasteiger partial charge in [0.15, 0.2) is 0 Å². The van der Waals surface area contributed by atoms with E-state index < -0.39 is 6.04 Å². The van der Waals surface area contributed by atoms with E-state index in [1.54, 1.807) is 13.0 Å². The van der Waals surface area contributed by atoms with Gasteiger partial charge in [0, 0.05) is 37.1 Å². The predicted octanol–water partition coefficient (Wildman–Crippen LogP) is 3.57. The molecule has 3 rings (SSSR count). The quantitative estimate of drug-likeness (QED) is 0.649. The van der Waals surface area contributed by atoms with E-state index in [0.29, 0.717) is 18.0 Å². The summed E-state index contributed by atoms with van der Waals surface area (Å²) in [5, 5.41) is 7.25. The molecule has 3 aromatic rings. The number of rotatable bonds is 7. The summed E-state index contributed by atoms with van der Waals surface area (Å²) in [5.74, 6) is 0.452. The summed E-state index contributed by atoms with van der Waals surface area (Å²) in [5.41, 5.74) is 2.79. The minimum absolute atomic E-state index is 0.314. The van der Waals surface area contributed by atoms with Gasteiger partial charge in [0.25, 0.3) is 5.56 Å². The van der Waals surface area contributed by atoms with Gasteiger partial charge in [-0.05, 0) is 68.4 Å². The van der Waals surface area contributed by atoms with Gasteiger partial charge in [0.2, 0.25) is 5.91 Å². The molecule has 7 heteroatoms. The van der Waals surface area contributed by atoms with Gasteiger partial charge >= 0.3 is 0 Å². The molecule has 1 atom stereocenters. The number of amides is 1. The van der Waals surface area contributed by atoms with Crippen molar-refractivity contribution in [1.29, 1.82) is 0 Å². The Morgan fingerprint density at radius 1 is 1.07 bits per heavy atom. The van der Waals surface area contributed by atoms with Crippen LogP contribution in [-0.2, 0) is 4.79 Å². The van der Waals surface area contributed by atoms with E-state index in [9.17, 15) is 9.59 Å². The molecule has 0 fully saturated rings. The number of anilines is 2. The van der Waals surface area contributed by atoms with Crippen LogP contribution in [0, 0.1) is 0 Å². The zero-order valence-corrected chi connectivity index (χ0v) is 17.6. The first kappa shape index (κ1) is 21.1. The van der Waals surface area contributed by atoms with E-state index >= 15 is 0 Å². The number of hydrogen-bond donors (Lipinski definition) is 1. The Balaban J connectivity index is 1.79. The molecule has 0 aliphatic rings. The van der Waals surface area contributed by atoms with E-state index in [1.807, 2.05) is 74.4 Å². The lowest BCUT2D eigenvalue weighted by Crippen LogP contribution is -2.33. The van der Waals surface area contributed by atoms with E-state index in [-0.39, 0.29) is 11.5 Å². The molecular weight excluding hydrogens is 380 g/mol. The highest BCUT2D eigenvalue weighted by Gasteiger charge is 2.18. The van der Waals surface area contributed by atoms with Crippen molar-refractivity contribution in [3.8, 4) is 17.0 Å². The van der Waals surface area contributed by atoms with Gasteiger partial charge in [-0.25, -0.2) is 4.68 Å². The summed E-state index contributed by atoms with van der Waals surface area (Å²) in [6, 6.07) is 17.2. The van der Waals surface area contributed by atoms with Gasteiger partial charge in [-0.1, -0.05) is 0 Å². The Bertz CT molecular complexity index is 1060. The first-order valence-corrected chi connectivity index (χ1v) is 9.80. The first-order chi connectivity index (χ1) is 14.4. The standard InChI is InChI=1S/C23H26N4O3/c1-5-30-20-12-6-17(7-13-20)21-14-15-22(28)27(25-21)16(2)23(29)24-18-8-10-19(11-9-18)26(3)4/h6-16H,5H2,1-4H3,(H,24,29). The van der Waals surface area contributed by atoms with Crippen molar-refractivity contribution >= 4 is 17.3 Å². The molecule has 7 nitrogen and oxygen atoms in total. The molecule has 1 amide bonds. The van der Waals surface area contributed by atoms with Crippen LogP contribution >= 0.6 is 0 Å². The van der Waals surface area contributed by atoms with E-state index in [2.05, 4.69) is 10.4 Å². The van der Waals surface area contributed by atoms with Crippen molar-refractivity contribution in [3.63, 3.8) is 0 Å². The average Bonchev–Trinajstić information content (AvgIpc) is 2.75. The van der Waals surface area contributed by atoms with Gasteiger partial charge in [-0.15, -0.1) is 0 Å². The predicted molar refractivity (Wildman–Crippen MR) is 119 cm³/mol. The highest BCUT2D eigenvalue weighted by atomic mass is 16.5. The highest BCUT2D eigenvalue weighted by molar-refractivity contribution is 5.93. The molecule has 0 bridgehead atoms. The van der Waals surface area contributed by atoms with Crippen molar-refractivity contribution in [2.45, 2.75) is 19.9 Å². The van der Waals surface area contributed by atoms with Crippen LogP contribution in [-0.4, -0.2) is 36.4 Å². The summed E-state index contributed by atoms with van der Waals surface area (Å²) < 4.78 is 6.66. The Morgan fingerprint density at radius 3 is 2.33 bits per heavy atom. The topological polar surface area (TPSA) is 76.5 Å². The lowest BCUT2D eigenvalue weighted by molar-refractivity contribution is -0.119. The fourth-order valence-electron chi connectivity index (χ4n) is 2.95. The summed E-state index contributed by atoms with van der Waals surface area (Å²) in [6.07, 6.45) is 0. The molecule has 0 radical (unpaired) electrons. The van der Waals surface area contributed by atoms with E-state index in [0.717, 1.165) is 17.0 Å². The highest BCUT2D eigenvalue weighted by Crippen LogP contribution is 2.21. The molecule has 0 saturated heterocycles. The second-order valence-corrected chi connectivity index (χ2v) is 7.07. The molecule has 1 N–H and O–H groups in total. The molecule has 0 spiro atoms. The average molecular weight is 406 g/mol. The minimum atomic E-state index is -0.770. The maximum atomic E-state index is 12.7. The second-order valence-electron chi connectivity index (χ2n) is 7.07. The molecule has 0 saturated carbocycles. The Hall–Kier alpha value is -3.61. The molecule has 1 unspecified atom stereocenters. The molecular formula is C23H26N4O3. The number of aromatic nitrogens is 2. The monoisotopic (exact) mass is 406 g/mol. The number of carbonyl (C=O) groups is 1. The van der Waals surface area contributed by atoms with Crippen LogP contribution in [0.2, 0.25) is 0 Å². The Kier molecular flexibility index (Phi) is 6.51. The fourth-order valence-corrected chi connectivity index (χ4v) is 2.95. The Labute approximate surface area is 175 Å². The minimum Gasteiger partial charge on any atom is -0.494 e. The SMILES string of the molecule is CCOc1ccc(-c2ccc(=O)n(C(C)C(=O)Nc3ccc(N(C)C)cc3)n2)cc1. The summed E-state index contributed by atoms with van der Waals surface area (Å²) in [6.45, 7) is 4.17. The summed E-state index contributed by atoms with van der Waals surface area (Å²) >= 11 is 0. The lowest BCUT2D eigenvalue weighted by Gasteiger charge is -2.16. The maximum absolute atomic E-state index is 12.7. The van der Waals surface area contributed by atoms with Crippen LogP contribution in [0.5, 0.6) is 5.75 Å². The third-order valence-corrected chi connectivity index (χ3v) is 4.68. The second kappa shape index (κ2) is 9.26. The summed E-state index contributed by atoms with van der Waals surface area (Å²) in [4.78, 5) is 27.0. The smallest absolute Gasteiger partial charge is 0.267 e. The van der Waals surface area contributed by atoms with Gasteiger partial charge < -0.3 is 15.0 Å². The van der Waals surface area contributed by atoms with Gasteiger partial charge in [0.05, 0.1) is 12.3 Å². The van der Waals surface area contributed by atoms with Gasteiger partial charge in [0.1, 0.15) is 11.8 Å². The van der Waals surface area contributed by atoms with Crippen LogP contribution in [0.3, 0.4) is 0 Å². The summed E-state index contributed by atoms with van der Waals surface area (Å²) in [7, 11) is 3.90.